The van der Waals surface area contributed by atoms with Crippen molar-refractivity contribution in [3.05, 3.63) is 48.6 Å². The lowest BCUT2D eigenvalue weighted by Crippen LogP contribution is -2.32. The zero-order valence-electron chi connectivity index (χ0n) is 10.8. The molecule has 0 radical (unpaired) electrons. The van der Waals surface area contributed by atoms with E-state index in [9.17, 15) is 4.79 Å². The van der Waals surface area contributed by atoms with Gasteiger partial charge in [-0.15, -0.1) is 5.10 Å². The van der Waals surface area contributed by atoms with Crippen LogP contribution in [0.4, 0.5) is 0 Å². The standard InChI is InChI=1S/C13H14N6O/c20-9-12-1-3-13(4-2-12,10-18-8-7-14-17-18)11-19-15-5-6-16-19/h1-3,5-9H,4,10-11H2. The Morgan fingerprint density at radius 3 is 2.70 bits per heavy atom. The average molecular weight is 270 g/mol. The minimum absolute atomic E-state index is 0.209. The molecule has 1 atom stereocenters. The van der Waals surface area contributed by atoms with Gasteiger partial charge in [0.2, 0.25) is 0 Å². The third-order valence-electron chi connectivity index (χ3n) is 3.38. The van der Waals surface area contributed by atoms with Gasteiger partial charge in [0, 0.05) is 17.2 Å². The molecule has 7 nitrogen and oxygen atoms in total. The van der Waals surface area contributed by atoms with Crippen molar-refractivity contribution < 1.29 is 4.79 Å². The first-order chi connectivity index (χ1) is 9.80. The largest absolute Gasteiger partial charge is 0.298 e. The van der Waals surface area contributed by atoms with Gasteiger partial charge in [0.25, 0.3) is 0 Å². The van der Waals surface area contributed by atoms with E-state index in [2.05, 4.69) is 20.5 Å². The topological polar surface area (TPSA) is 78.5 Å². The molecule has 3 rings (SSSR count). The van der Waals surface area contributed by atoms with Gasteiger partial charge in [-0.25, -0.2) is 0 Å². The summed E-state index contributed by atoms with van der Waals surface area (Å²) in [6.45, 7) is 1.28. The van der Waals surface area contributed by atoms with Crippen LogP contribution in [0, 0.1) is 5.41 Å². The number of aromatic nitrogens is 6. The van der Waals surface area contributed by atoms with Crippen LogP contribution in [0.2, 0.25) is 0 Å². The number of allylic oxidation sites excluding steroid dienone is 4. The third kappa shape index (κ3) is 2.56. The molecule has 0 amide bonds. The van der Waals surface area contributed by atoms with E-state index in [0.29, 0.717) is 18.7 Å². The van der Waals surface area contributed by atoms with Crippen molar-refractivity contribution in [1.29, 1.82) is 0 Å². The molecular weight excluding hydrogens is 256 g/mol. The van der Waals surface area contributed by atoms with Crippen molar-refractivity contribution in [2.24, 2.45) is 5.41 Å². The monoisotopic (exact) mass is 270 g/mol. The highest BCUT2D eigenvalue weighted by molar-refractivity contribution is 5.77. The fourth-order valence-electron chi connectivity index (χ4n) is 2.35. The zero-order valence-corrected chi connectivity index (χ0v) is 10.8. The number of aldehydes is 1. The summed E-state index contributed by atoms with van der Waals surface area (Å²) in [7, 11) is 0. The minimum Gasteiger partial charge on any atom is -0.298 e. The van der Waals surface area contributed by atoms with Crippen LogP contribution in [0.3, 0.4) is 0 Å². The van der Waals surface area contributed by atoms with Gasteiger partial charge in [-0.3, -0.25) is 9.48 Å². The Morgan fingerprint density at radius 1 is 1.25 bits per heavy atom. The highest BCUT2D eigenvalue weighted by Gasteiger charge is 2.30. The van der Waals surface area contributed by atoms with Gasteiger partial charge in [0.15, 0.2) is 0 Å². The van der Waals surface area contributed by atoms with Gasteiger partial charge in [0.05, 0.1) is 31.7 Å². The lowest BCUT2D eigenvalue weighted by molar-refractivity contribution is -0.104. The Morgan fingerprint density at radius 2 is 2.10 bits per heavy atom. The van der Waals surface area contributed by atoms with Crippen molar-refractivity contribution in [3.63, 3.8) is 0 Å². The molecule has 0 fully saturated rings. The van der Waals surface area contributed by atoms with Gasteiger partial charge in [-0.05, 0) is 6.42 Å². The number of hydrogen-bond acceptors (Lipinski definition) is 5. The molecule has 0 aromatic carbocycles. The second-order valence-corrected chi connectivity index (χ2v) is 4.88. The Hall–Kier alpha value is -2.57. The Kier molecular flexibility index (Phi) is 3.24. The molecule has 2 aromatic heterocycles. The van der Waals surface area contributed by atoms with Crippen LogP contribution in [0.5, 0.6) is 0 Å². The van der Waals surface area contributed by atoms with Crippen LogP contribution in [-0.4, -0.2) is 36.3 Å². The summed E-state index contributed by atoms with van der Waals surface area (Å²) in [5.74, 6) is 0. The summed E-state index contributed by atoms with van der Waals surface area (Å²) in [6, 6.07) is 0. The zero-order chi connectivity index (χ0) is 13.8. The first-order valence-electron chi connectivity index (χ1n) is 6.32. The average Bonchev–Trinajstić information content (AvgIpc) is 3.13. The molecule has 1 aliphatic rings. The molecular formula is C13H14N6O. The molecule has 0 saturated carbocycles. The van der Waals surface area contributed by atoms with Crippen molar-refractivity contribution in [2.75, 3.05) is 0 Å². The lowest BCUT2D eigenvalue weighted by Gasteiger charge is -2.31. The molecule has 2 heterocycles. The fourth-order valence-corrected chi connectivity index (χ4v) is 2.35. The summed E-state index contributed by atoms with van der Waals surface area (Å²) in [5.41, 5.74) is 0.492. The van der Waals surface area contributed by atoms with E-state index >= 15 is 0 Å². The predicted molar refractivity (Wildman–Crippen MR) is 70.4 cm³/mol. The number of nitrogens with zero attached hydrogens (tertiary/aromatic N) is 6. The maximum absolute atomic E-state index is 10.8. The molecule has 2 aromatic rings. The number of hydrogen-bond donors (Lipinski definition) is 0. The summed E-state index contributed by atoms with van der Waals surface area (Å²) in [5, 5.41) is 16.2. The normalized spacial score (nSPS) is 21.7. The fraction of sp³-hybridized carbons (Fsp3) is 0.308. The highest BCUT2D eigenvalue weighted by Crippen LogP contribution is 2.32. The van der Waals surface area contributed by atoms with Crippen LogP contribution in [0.1, 0.15) is 6.42 Å². The van der Waals surface area contributed by atoms with Crippen LogP contribution >= 0.6 is 0 Å². The molecule has 7 heteroatoms. The quantitative estimate of drug-likeness (QED) is 0.745. The smallest absolute Gasteiger partial charge is 0.149 e. The van der Waals surface area contributed by atoms with Gasteiger partial charge >= 0.3 is 0 Å². The van der Waals surface area contributed by atoms with Gasteiger partial charge in [-0.2, -0.15) is 15.0 Å². The number of rotatable bonds is 5. The molecule has 0 bridgehead atoms. The van der Waals surface area contributed by atoms with Gasteiger partial charge in [-0.1, -0.05) is 23.4 Å². The predicted octanol–water partition coefficient (Wildman–Crippen LogP) is 0.641. The van der Waals surface area contributed by atoms with E-state index in [1.165, 1.54) is 0 Å². The van der Waals surface area contributed by atoms with E-state index in [1.807, 2.05) is 24.4 Å². The van der Waals surface area contributed by atoms with Crippen molar-refractivity contribution in [1.82, 2.24) is 30.0 Å². The molecule has 0 N–H and O–H groups in total. The van der Waals surface area contributed by atoms with Crippen LogP contribution in [0.15, 0.2) is 48.6 Å². The molecule has 1 unspecified atom stereocenters. The second kappa shape index (κ2) is 5.20. The number of carbonyl (C=O) groups excluding carboxylic acids is 1. The third-order valence-corrected chi connectivity index (χ3v) is 3.38. The van der Waals surface area contributed by atoms with E-state index in [1.54, 1.807) is 28.1 Å². The van der Waals surface area contributed by atoms with E-state index < -0.39 is 0 Å². The summed E-state index contributed by atoms with van der Waals surface area (Å²) < 4.78 is 1.79. The number of carbonyl (C=O) groups is 1. The maximum Gasteiger partial charge on any atom is 0.149 e. The highest BCUT2D eigenvalue weighted by atomic mass is 16.1. The summed E-state index contributed by atoms with van der Waals surface area (Å²) in [4.78, 5) is 12.5. The Balaban J connectivity index is 1.85. The molecule has 20 heavy (non-hydrogen) atoms. The Labute approximate surface area is 115 Å². The Bertz CT molecular complexity index is 590. The van der Waals surface area contributed by atoms with Gasteiger partial charge in [0.1, 0.15) is 6.29 Å². The van der Waals surface area contributed by atoms with Crippen molar-refractivity contribution in [3.8, 4) is 0 Å². The molecule has 1 aliphatic carbocycles. The van der Waals surface area contributed by atoms with Crippen molar-refractivity contribution >= 4 is 6.29 Å². The van der Waals surface area contributed by atoms with Crippen molar-refractivity contribution in [2.45, 2.75) is 19.5 Å². The molecule has 0 aliphatic heterocycles. The molecule has 0 saturated heterocycles. The maximum atomic E-state index is 10.8. The minimum atomic E-state index is -0.209. The van der Waals surface area contributed by atoms with E-state index in [0.717, 1.165) is 12.7 Å². The van der Waals surface area contributed by atoms with Gasteiger partial charge < -0.3 is 0 Å². The summed E-state index contributed by atoms with van der Waals surface area (Å²) in [6.07, 6.45) is 14.2. The van der Waals surface area contributed by atoms with Crippen LogP contribution in [-0.2, 0) is 17.9 Å². The summed E-state index contributed by atoms with van der Waals surface area (Å²) >= 11 is 0. The lowest BCUT2D eigenvalue weighted by atomic mass is 9.80. The first-order valence-corrected chi connectivity index (χ1v) is 6.32. The molecule has 102 valence electrons. The van der Waals surface area contributed by atoms with Crippen LogP contribution in [0.25, 0.3) is 0 Å². The molecule has 0 spiro atoms. The van der Waals surface area contributed by atoms with E-state index in [-0.39, 0.29) is 5.41 Å². The van der Waals surface area contributed by atoms with E-state index in [4.69, 9.17) is 0 Å². The first kappa shape index (κ1) is 12.5. The van der Waals surface area contributed by atoms with Crippen LogP contribution < -0.4 is 0 Å². The second-order valence-electron chi connectivity index (χ2n) is 4.88. The SMILES string of the molecule is O=CC1=CCC(Cn2ccnn2)(Cn2nccn2)C=C1.